The quantitative estimate of drug-likeness (QED) is 0.748. The van der Waals surface area contributed by atoms with Crippen molar-refractivity contribution < 1.29 is 19.1 Å². The summed E-state index contributed by atoms with van der Waals surface area (Å²) in [5, 5.41) is 12.5. The average molecular weight is 356 g/mol. The van der Waals surface area contributed by atoms with Crippen molar-refractivity contribution in [3.63, 3.8) is 0 Å². The molecule has 1 saturated carbocycles. The van der Waals surface area contributed by atoms with Gasteiger partial charge in [-0.15, -0.1) is 0 Å². The lowest BCUT2D eigenvalue weighted by Gasteiger charge is -2.37. The highest BCUT2D eigenvalue weighted by molar-refractivity contribution is 5.97. The van der Waals surface area contributed by atoms with E-state index in [1.54, 1.807) is 12.3 Å². The molecular formula is C20H21FN2O3. The van der Waals surface area contributed by atoms with Crippen molar-refractivity contribution in [1.29, 1.82) is 0 Å². The Kier molecular flexibility index (Phi) is 5.73. The molecule has 6 heteroatoms. The zero-order valence-corrected chi connectivity index (χ0v) is 14.3. The molecule has 2 N–H and O–H groups in total. The van der Waals surface area contributed by atoms with Gasteiger partial charge in [-0.25, -0.2) is 4.39 Å². The molecule has 1 atom stereocenters. The number of aliphatic hydroxyl groups is 1. The summed E-state index contributed by atoms with van der Waals surface area (Å²) in [6.45, 7) is 0. The molecular weight excluding hydrogens is 335 g/mol. The molecule has 0 bridgehead atoms. The molecule has 1 aliphatic rings. The topological polar surface area (TPSA) is 79.3 Å². The Morgan fingerprint density at radius 2 is 1.88 bits per heavy atom. The fourth-order valence-corrected chi connectivity index (χ4v) is 3.15. The van der Waals surface area contributed by atoms with Gasteiger partial charge in [-0.3, -0.25) is 14.6 Å². The van der Waals surface area contributed by atoms with Gasteiger partial charge >= 0.3 is 0 Å². The van der Waals surface area contributed by atoms with Gasteiger partial charge in [0.25, 0.3) is 0 Å². The third-order valence-corrected chi connectivity index (χ3v) is 4.69. The smallest absolute Gasteiger partial charge is 0.220 e. The molecule has 5 nitrogen and oxygen atoms in total. The van der Waals surface area contributed by atoms with Gasteiger partial charge in [0, 0.05) is 24.6 Å². The van der Waals surface area contributed by atoms with Crippen molar-refractivity contribution in [1.82, 2.24) is 10.3 Å². The normalized spacial score (nSPS) is 20.1. The van der Waals surface area contributed by atoms with Gasteiger partial charge in [-0.1, -0.05) is 6.07 Å². The molecule has 0 aliphatic heterocycles. The molecule has 1 amide bonds. The van der Waals surface area contributed by atoms with Crippen LogP contribution in [0, 0.1) is 11.7 Å². The number of halogens is 1. The second kappa shape index (κ2) is 8.19. The fourth-order valence-electron chi connectivity index (χ4n) is 3.15. The summed E-state index contributed by atoms with van der Waals surface area (Å²) < 4.78 is 12.9. The second-order valence-electron chi connectivity index (χ2n) is 6.62. The SMILES string of the molecule is O=C(CCC(=O)c1ccc(F)cc1)NC(c1ccccn1)C1CC(O)C1. The number of aliphatic hydroxyl groups excluding tert-OH is 1. The maximum Gasteiger partial charge on any atom is 0.220 e. The monoisotopic (exact) mass is 356 g/mol. The molecule has 1 aliphatic carbocycles. The molecule has 1 fully saturated rings. The lowest BCUT2D eigenvalue weighted by Crippen LogP contribution is -2.41. The minimum absolute atomic E-state index is 0.0504. The number of benzene rings is 1. The maximum absolute atomic E-state index is 12.9. The number of aromatic nitrogens is 1. The number of rotatable bonds is 7. The van der Waals surface area contributed by atoms with Crippen LogP contribution in [0.3, 0.4) is 0 Å². The molecule has 3 rings (SSSR count). The Bertz CT molecular complexity index is 758. The Hall–Kier alpha value is -2.60. The first-order valence-corrected chi connectivity index (χ1v) is 8.70. The molecule has 136 valence electrons. The van der Waals surface area contributed by atoms with Crippen molar-refractivity contribution in [3.05, 3.63) is 65.7 Å². The van der Waals surface area contributed by atoms with Crippen LogP contribution >= 0.6 is 0 Å². The van der Waals surface area contributed by atoms with Crippen LogP contribution in [0.4, 0.5) is 4.39 Å². The molecule has 0 spiro atoms. The fraction of sp³-hybridized carbons (Fsp3) is 0.350. The Labute approximate surface area is 151 Å². The van der Waals surface area contributed by atoms with E-state index in [1.807, 2.05) is 12.1 Å². The van der Waals surface area contributed by atoms with E-state index >= 15 is 0 Å². The van der Waals surface area contributed by atoms with Crippen molar-refractivity contribution in [2.75, 3.05) is 0 Å². The maximum atomic E-state index is 12.9. The summed E-state index contributed by atoms with van der Waals surface area (Å²) in [7, 11) is 0. The van der Waals surface area contributed by atoms with Crippen molar-refractivity contribution >= 4 is 11.7 Å². The predicted molar refractivity (Wildman–Crippen MR) is 93.8 cm³/mol. The van der Waals surface area contributed by atoms with E-state index in [4.69, 9.17) is 0 Å². The van der Waals surface area contributed by atoms with Crippen molar-refractivity contribution in [3.8, 4) is 0 Å². The second-order valence-corrected chi connectivity index (χ2v) is 6.62. The number of Topliss-reactive ketones (excluding diaryl/α,β-unsaturated/α-hetero) is 1. The average Bonchev–Trinajstić information content (AvgIpc) is 2.63. The summed E-state index contributed by atoms with van der Waals surface area (Å²) >= 11 is 0. The highest BCUT2D eigenvalue weighted by Crippen LogP contribution is 2.37. The summed E-state index contributed by atoms with van der Waals surface area (Å²) in [5.41, 5.74) is 1.14. The predicted octanol–water partition coefficient (Wildman–Crippen LogP) is 2.81. The van der Waals surface area contributed by atoms with Crippen LogP contribution in [0.15, 0.2) is 48.7 Å². The van der Waals surface area contributed by atoms with Gasteiger partial charge in [-0.05, 0) is 55.2 Å². The van der Waals surface area contributed by atoms with Gasteiger partial charge in [0.2, 0.25) is 5.91 Å². The van der Waals surface area contributed by atoms with Crippen LogP contribution in [-0.4, -0.2) is 27.9 Å². The number of carbonyl (C=O) groups is 2. The summed E-state index contributed by atoms with van der Waals surface area (Å²) in [6.07, 6.45) is 2.69. The largest absolute Gasteiger partial charge is 0.393 e. The first-order chi connectivity index (χ1) is 12.5. The molecule has 0 saturated heterocycles. The number of hydrogen-bond donors (Lipinski definition) is 2. The van der Waals surface area contributed by atoms with E-state index in [2.05, 4.69) is 10.3 Å². The highest BCUT2D eigenvalue weighted by Gasteiger charge is 2.36. The van der Waals surface area contributed by atoms with Crippen LogP contribution < -0.4 is 5.32 Å². The minimum Gasteiger partial charge on any atom is -0.393 e. The number of carbonyl (C=O) groups excluding carboxylic acids is 2. The number of nitrogens with one attached hydrogen (secondary N) is 1. The first kappa shape index (κ1) is 18.2. The van der Waals surface area contributed by atoms with Gasteiger partial charge in [0.05, 0.1) is 17.8 Å². The van der Waals surface area contributed by atoms with Crippen molar-refractivity contribution in [2.45, 2.75) is 37.8 Å². The van der Waals surface area contributed by atoms with Crippen LogP contribution in [0.5, 0.6) is 0 Å². The van der Waals surface area contributed by atoms with E-state index in [1.165, 1.54) is 24.3 Å². The summed E-state index contributed by atoms with van der Waals surface area (Å²) in [5.74, 6) is -0.706. The molecule has 1 unspecified atom stereocenters. The van der Waals surface area contributed by atoms with Gasteiger partial charge < -0.3 is 10.4 Å². The number of nitrogens with zero attached hydrogens (tertiary/aromatic N) is 1. The Morgan fingerprint density at radius 3 is 2.50 bits per heavy atom. The third-order valence-electron chi connectivity index (χ3n) is 4.69. The summed E-state index contributed by atoms with van der Waals surface area (Å²) in [4.78, 5) is 28.8. The Morgan fingerprint density at radius 1 is 1.15 bits per heavy atom. The van der Waals surface area contributed by atoms with E-state index in [9.17, 15) is 19.1 Å². The summed E-state index contributed by atoms with van der Waals surface area (Å²) in [6, 6.07) is 10.5. The number of hydrogen-bond acceptors (Lipinski definition) is 4. The van der Waals surface area contributed by atoms with Gasteiger partial charge in [0.15, 0.2) is 5.78 Å². The van der Waals surface area contributed by atoms with E-state index in [0.29, 0.717) is 18.4 Å². The highest BCUT2D eigenvalue weighted by atomic mass is 19.1. The third kappa shape index (κ3) is 4.52. The molecule has 1 aromatic heterocycles. The van der Waals surface area contributed by atoms with Crippen LogP contribution in [-0.2, 0) is 4.79 Å². The lowest BCUT2D eigenvalue weighted by atomic mass is 9.76. The first-order valence-electron chi connectivity index (χ1n) is 8.70. The molecule has 0 radical (unpaired) electrons. The molecule has 1 aromatic carbocycles. The zero-order chi connectivity index (χ0) is 18.5. The lowest BCUT2D eigenvalue weighted by molar-refractivity contribution is -0.123. The molecule has 2 aromatic rings. The van der Waals surface area contributed by atoms with Crippen molar-refractivity contribution in [2.24, 2.45) is 5.92 Å². The number of pyridine rings is 1. The van der Waals surface area contributed by atoms with Gasteiger partial charge in [0.1, 0.15) is 5.82 Å². The van der Waals surface area contributed by atoms with Gasteiger partial charge in [-0.2, -0.15) is 0 Å². The van der Waals surface area contributed by atoms with E-state index in [-0.39, 0.29) is 42.6 Å². The standard InChI is InChI=1S/C20H21FN2O3/c21-15-6-4-13(5-7-15)18(25)8-9-19(26)23-20(14-11-16(24)12-14)17-3-1-2-10-22-17/h1-7,10,14,16,20,24H,8-9,11-12H2,(H,23,26). The van der Waals surface area contributed by atoms with Crippen LogP contribution in [0.25, 0.3) is 0 Å². The van der Waals surface area contributed by atoms with Crippen LogP contribution in [0.1, 0.15) is 47.8 Å². The van der Waals surface area contributed by atoms with Crippen LogP contribution in [0.2, 0.25) is 0 Å². The zero-order valence-electron chi connectivity index (χ0n) is 14.3. The molecule has 26 heavy (non-hydrogen) atoms. The number of amides is 1. The number of ketones is 1. The minimum atomic E-state index is -0.403. The Balaban J connectivity index is 1.57. The molecule has 1 heterocycles. The van der Waals surface area contributed by atoms with E-state index < -0.39 is 5.82 Å². The van der Waals surface area contributed by atoms with E-state index in [0.717, 1.165) is 5.69 Å².